The Morgan fingerprint density at radius 3 is 2.63 bits per heavy atom. The van der Waals surface area contributed by atoms with Crippen LogP contribution in [-0.2, 0) is 6.61 Å². The summed E-state index contributed by atoms with van der Waals surface area (Å²) in [6.07, 6.45) is 0. The molecule has 0 spiro atoms. The standard InChI is InChI=1S/C16H18BrNO/c1-11(2)13-4-3-5-16(8-13)19-10-12-6-14(17)9-15(18)7-12/h3-9,11H,10,18H2,1-2H3. The van der Waals surface area contributed by atoms with Crippen LogP contribution >= 0.6 is 15.9 Å². The molecule has 0 atom stereocenters. The van der Waals surface area contributed by atoms with Gasteiger partial charge in [0.1, 0.15) is 12.4 Å². The molecule has 0 aliphatic rings. The normalized spacial score (nSPS) is 10.7. The lowest BCUT2D eigenvalue weighted by Crippen LogP contribution is -1.98. The molecule has 0 heterocycles. The minimum absolute atomic E-state index is 0.505. The van der Waals surface area contributed by atoms with Crippen LogP contribution in [0.25, 0.3) is 0 Å². The molecule has 0 aliphatic carbocycles. The number of rotatable bonds is 4. The van der Waals surface area contributed by atoms with Gasteiger partial charge in [-0.3, -0.25) is 0 Å². The van der Waals surface area contributed by atoms with Crippen molar-refractivity contribution in [2.75, 3.05) is 5.73 Å². The molecule has 19 heavy (non-hydrogen) atoms. The third-order valence-corrected chi connectivity index (χ3v) is 3.37. The first-order chi connectivity index (χ1) is 9.04. The van der Waals surface area contributed by atoms with E-state index in [2.05, 4.69) is 41.9 Å². The first-order valence-corrected chi connectivity index (χ1v) is 7.11. The maximum atomic E-state index is 5.82. The summed E-state index contributed by atoms with van der Waals surface area (Å²) >= 11 is 3.43. The average molecular weight is 320 g/mol. The maximum Gasteiger partial charge on any atom is 0.120 e. The molecule has 0 unspecified atom stereocenters. The molecule has 0 radical (unpaired) electrons. The smallest absolute Gasteiger partial charge is 0.120 e. The van der Waals surface area contributed by atoms with E-state index in [1.54, 1.807) is 0 Å². The number of hydrogen-bond acceptors (Lipinski definition) is 2. The molecule has 3 heteroatoms. The van der Waals surface area contributed by atoms with Crippen molar-refractivity contribution < 1.29 is 4.74 Å². The second kappa shape index (κ2) is 6.11. The number of nitrogens with two attached hydrogens (primary N) is 1. The molecule has 0 aromatic heterocycles. The molecule has 0 aliphatic heterocycles. The van der Waals surface area contributed by atoms with E-state index in [9.17, 15) is 0 Å². The van der Waals surface area contributed by atoms with Crippen molar-refractivity contribution in [1.82, 2.24) is 0 Å². The first-order valence-electron chi connectivity index (χ1n) is 6.32. The Morgan fingerprint density at radius 1 is 1.16 bits per heavy atom. The molecular formula is C16H18BrNO. The van der Waals surface area contributed by atoms with Gasteiger partial charge in [0.05, 0.1) is 0 Å². The molecule has 0 amide bonds. The molecule has 2 nitrogen and oxygen atoms in total. The number of ether oxygens (including phenoxy) is 1. The van der Waals surface area contributed by atoms with Crippen LogP contribution in [0.3, 0.4) is 0 Å². The monoisotopic (exact) mass is 319 g/mol. The Bertz CT molecular complexity index is 546. The van der Waals surface area contributed by atoms with E-state index < -0.39 is 0 Å². The number of halogens is 1. The average Bonchev–Trinajstić information content (AvgIpc) is 2.35. The van der Waals surface area contributed by atoms with Gasteiger partial charge >= 0.3 is 0 Å². The number of nitrogen functional groups attached to an aromatic ring is 1. The number of hydrogen-bond donors (Lipinski definition) is 1. The molecule has 2 N–H and O–H groups in total. The summed E-state index contributed by atoms with van der Waals surface area (Å²) in [7, 11) is 0. The van der Waals surface area contributed by atoms with Crippen LogP contribution in [0.1, 0.15) is 30.9 Å². The largest absolute Gasteiger partial charge is 0.489 e. The number of anilines is 1. The van der Waals surface area contributed by atoms with E-state index in [4.69, 9.17) is 10.5 Å². The Morgan fingerprint density at radius 2 is 1.95 bits per heavy atom. The van der Waals surface area contributed by atoms with Crippen LogP contribution in [-0.4, -0.2) is 0 Å². The first kappa shape index (κ1) is 13.9. The highest BCUT2D eigenvalue weighted by Gasteiger charge is 2.02. The van der Waals surface area contributed by atoms with Crippen LogP contribution in [0.2, 0.25) is 0 Å². The zero-order chi connectivity index (χ0) is 13.8. The van der Waals surface area contributed by atoms with Crippen molar-refractivity contribution >= 4 is 21.6 Å². The molecule has 0 bridgehead atoms. The summed E-state index contributed by atoms with van der Waals surface area (Å²) in [5.74, 6) is 1.40. The van der Waals surface area contributed by atoms with Crippen LogP contribution in [0.5, 0.6) is 5.75 Å². The Kier molecular flexibility index (Phi) is 4.48. The maximum absolute atomic E-state index is 5.82. The Balaban J connectivity index is 2.07. The minimum atomic E-state index is 0.505. The van der Waals surface area contributed by atoms with Gasteiger partial charge in [0.25, 0.3) is 0 Å². The summed E-state index contributed by atoms with van der Waals surface area (Å²) in [5.41, 5.74) is 8.89. The van der Waals surface area contributed by atoms with Gasteiger partial charge in [-0.05, 0) is 47.4 Å². The predicted octanol–water partition coefficient (Wildman–Crippen LogP) is 4.73. The van der Waals surface area contributed by atoms with Gasteiger partial charge in [-0.15, -0.1) is 0 Å². The summed E-state index contributed by atoms with van der Waals surface area (Å²) in [6, 6.07) is 14.0. The predicted molar refractivity (Wildman–Crippen MR) is 83.4 cm³/mol. The fourth-order valence-corrected chi connectivity index (χ4v) is 2.45. The van der Waals surface area contributed by atoms with Crippen molar-refractivity contribution in [3.8, 4) is 5.75 Å². The van der Waals surface area contributed by atoms with Gasteiger partial charge in [-0.1, -0.05) is 41.9 Å². The van der Waals surface area contributed by atoms with Crippen LogP contribution in [0.4, 0.5) is 5.69 Å². The molecule has 0 saturated carbocycles. The van der Waals surface area contributed by atoms with Crippen molar-refractivity contribution in [3.05, 3.63) is 58.1 Å². The second-order valence-electron chi connectivity index (χ2n) is 4.91. The van der Waals surface area contributed by atoms with E-state index in [1.807, 2.05) is 30.3 Å². The summed E-state index contributed by atoms with van der Waals surface area (Å²) in [6.45, 7) is 4.87. The van der Waals surface area contributed by atoms with Gasteiger partial charge in [-0.2, -0.15) is 0 Å². The van der Waals surface area contributed by atoms with Crippen LogP contribution in [0.15, 0.2) is 46.9 Å². The van der Waals surface area contributed by atoms with Gasteiger partial charge in [0.15, 0.2) is 0 Å². The van der Waals surface area contributed by atoms with Gasteiger partial charge < -0.3 is 10.5 Å². The molecule has 100 valence electrons. The van der Waals surface area contributed by atoms with Crippen molar-refractivity contribution in [1.29, 1.82) is 0 Å². The van der Waals surface area contributed by atoms with E-state index >= 15 is 0 Å². The highest BCUT2D eigenvalue weighted by molar-refractivity contribution is 9.10. The molecule has 2 aromatic carbocycles. The lowest BCUT2D eigenvalue weighted by molar-refractivity contribution is 0.306. The third kappa shape index (κ3) is 4.00. The topological polar surface area (TPSA) is 35.2 Å². The SMILES string of the molecule is CC(C)c1cccc(OCc2cc(N)cc(Br)c2)c1. The second-order valence-corrected chi connectivity index (χ2v) is 5.82. The number of benzene rings is 2. The lowest BCUT2D eigenvalue weighted by Gasteiger charge is -2.10. The summed E-state index contributed by atoms with van der Waals surface area (Å²) < 4.78 is 6.79. The van der Waals surface area contributed by atoms with E-state index in [1.165, 1.54) is 5.56 Å². The van der Waals surface area contributed by atoms with Gasteiger partial charge in [0.2, 0.25) is 0 Å². The highest BCUT2D eigenvalue weighted by atomic mass is 79.9. The highest BCUT2D eigenvalue weighted by Crippen LogP contribution is 2.22. The van der Waals surface area contributed by atoms with E-state index in [0.29, 0.717) is 12.5 Å². The quantitative estimate of drug-likeness (QED) is 0.826. The van der Waals surface area contributed by atoms with Crippen molar-refractivity contribution in [2.24, 2.45) is 0 Å². The molecule has 2 rings (SSSR count). The van der Waals surface area contributed by atoms with Crippen molar-refractivity contribution in [3.63, 3.8) is 0 Å². The summed E-state index contributed by atoms with van der Waals surface area (Å²) in [5, 5.41) is 0. The fourth-order valence-electron chi connectivity index (χ4n) is 1.89. The summed E-state index contributed by atoms with van der Waals surface area (Å²) in [4.78, 5) is 0. The van der Waals surface area contributed by atoms with E-state index in [0.717, 1.165) is 21.5 Å². The third-order valence-electron chi connectivity index (χ3n) is 2.91. The van der Waals surface area contributed by atoms with E-state index in [-0.39, 0.29) is 0 Å². The molecular weight excluding hydrogens is 302 g/mol. The molecule has 0 fully saturated rings. The lowest BCUT2D eigenvalue weighted by atomic mass is 10.0. The molecule has 0 saturated heterocycles. The fraction of sp³-hybridized carbons (Fsp3) is 0.250. The zero-order valence-corrected chi connectivity index (χ0v) is 12.8. The van der Waals surface area contributed by atoms with Gasteiger partial charge in [0, 0.05) is 10.2 Å². The van der Waals surface area contributed by atoms with Crippen LogP contribution < -0.4 is 10.5 Å². The van der Waals surface area contributed by atoms with Crippen molar-refractivity contribution in [2.45, 2.75) is 26.4 Å². The van der Waals surface area contributed by atoms with Gasteiger partial charge in [-0.25, -0.2) is 0 Å². The Hall–Kier alpha value is -1.48. The zero-order valence-electron chi connectivity index (χ0n) is 11.2. The minimum Gasteiger partial charge on any atom is -0.489 e. The Labute approximate surface area is 122 Å². The van der Waals surface area contributed by atoms with Crippen LogP contribution in [0, 0.1) is 0 Å². The molecule has 2 aromatic rings.